The molecule has 1 saturated heterocycles. The molecule has 1 heterocycles. The second-order valence-corrected chi connectivity index (χ2v) is 6.07. The lowest BCUT2D eigenvalue weighted by molar-refractivity contribution is 0.187. The summed E-state index contributed by atoms with van der Waals surface area (Å²) in [5, 5.41) is 0. The Hall–Kier alpha value is -1.03. The van der Waals surface area contributed by atoms with E-state index in [-0.39, 0.29) is 18.1 Å². The average molecular weight is 311 g/mol. The first-order valence-electron chi connectivity index (χ1n) is 6.21. The Morgan fingerprint density at radius 1 is 1.39 bits per heavy atom. The predicted molar refractivity (Wildman–Crippen MR) is 76.6 cm³/mol. The van der Waals surface area contributed by atoms with Crippen LogP contribution in [-0.2, 0) is 0 Å². The van der Waals surface area contributed by atoms with Gasteiger partial charge in [-0.25, -0.2) is 4.79 Å². The highest BCUT2D eigenvalue weighted by Crippen LogP contribution is 2.32. The van der Waals surface area contributed by atoms with Crippen molar-refractivity contribution in [3.8, 4) is 0 Å². The summed E-state index contributed by atoms with van der Waals surface area (Å²) >= 11 is 3.51. The van der Waals surface area contributed by atoms with Crippen LogP contribution in [0.15, 0.2) is 22.7 Å². The summed E-state index contributed by atoms with van der Waals surface area (Å²) in [5.74, 6) is 0. The molecule has 3 nitrogen and oxygen atoms in total. The van der Waals surface area contributed by atoms with Crippen LogP contribution in [0.4, 0.5) is 4.79 Å². The molecule has 0 bridgehead atoms. The van der Waals surface area contributed by atoms with E-state index in [2.05, 4.69) is 48.8 Å². The molecule has 0 aliphatic carbocycles. The highest BCUT2D eigenvalue weighted by atomic mass is 79.9. The Morgan fingerprint density at radius 3 is 2.61 bits per heavy atom. The van der Waals surface area contributed by atoms with E-state index in [1.165, 1.54) is 11.1 Å². The highest BCUT2D eigenvalue weighted by molar-refractivity contribution is 9.10. The monoisotopic (exact) mass is 310 g/mol. The molecule has 0 spiro atoms. The van der Waals surface area contributed by atoms with Crippen molar-refractivity contribution in [1.82, 2.24) is 9.80 Å². The van der Waals surface area contributed by atoms with Crippen LogP contribution < -0.4 is 0 Å². The summed E-state index contributed by atoms with van der Waals surface area (Å²) < 4.78 is 1.06. The average Bonchev–Trinajstić information content (AvgIpc) is 2.60. The van der Waals surface area contributed by atoms with Crippen molar-refractivity contribution in [3.05, 3.63) is 33.8 Å². The summed E-state index contributed by atoms with van der Waals surface area (Å²) in [6, 6.07) is 6.77. The summed E-state index contributed by atoms with van der Waals surface area (Å²) in [5.41, 5.74) is 2.46. The minimum atomic E-state index is 0.120. The van der Waals surface area contributed by atoms with Crippen LogP contribution in [0.3, 0.4) is 0 Å². The molecule has 2 rings (SSSR count). The van der Waals surface area contributed by atoms with Gasteiger partial charge < -0.3 is 9.80 Å². The number of rotatable bonds is 2. The molecular formula is C14H19BrN2O. The highest BCUT2D eigenvalue weighted by Gasteiger charge is 2.37. The van der Waals surface area contributed by atoms with Gasteiger partial charge in [0.1, 0.15) is 0 Å². The molecule has 1 aromatic rings. The van der Waals surface area contributed by atoms with Gasteiger partial charge in [0.05, 0.1) is 6.04 Å². The summed E-state index contributed by atoms with van der Waals surface area (Å²) in [6.07, 6.45) is 0. The molecular weight excluding hydrogens is 292 g/mol. The zero-order valence-corrected chi connectivity index (χ0v) is 12.9. The standard InChI is InChI=1S/C14H19BrN2O/c1-9(2)17-8-13(16(4)14(17)18)12-7-11(15)6-5-10(12)3/h5-7,9,13H,8H2,1-4H3. The fraction of sp³-hybridized carbons (Fsp3) is 0.500. The maximum absolute atomic E-state index is 12.2. The molecule has 0 radical (unpaired) electrons. The smallest absolute Gasteiger partial charge is 0.320 e. The van der Waals surface area contributed by atoms with Crippen LogP contribution in [0.5, 0.6) is 0 Å². The van der Waals surface area contributed by atoms with E-state index >= 15 is 0 Å². The van der Waals surface area contributed by atoms with Crippen molar-refractivity contribution in [3.63, 3.8) is 0 Å². The van der Waals surface area contributed by atoms with Crippen molar-refractivity contribution >= 4 is 22.0 Å². The van der Waals surface area contributed by atoms with Gasteiger partial charge in [-0.3, -0.25) is 0 Å². The summed E-state index contributed by atoms with van der Waals surface area (Å²) in [7, 11) is 1.88. The number of amides is 2. The number of hydrogen-bond donors (Lipinski definition) is 0. The third-order valence-corrected chi connectivity index (χ3v) is 4.10. The molecule has 98 valence electrons. The lowest BCUT2D eigenvalue weighted by Gasteiger charge is -2.20. The SMILES string of the molecule is Cc1ccc(Br)cc1C1CN(C(C)C)C(=O)N1C. The van der Waals surface area contributed by atoms with E-state index in [9.17, 15) is 4.79 Å². The summed E-state index contributed by atoms with van der Waals surface area (Å²) in [4.78, 5) is 15.9. The normalized spacial score (nSPS) is 20.1. The molecule has 0 aromatic heterocycles. The van der Waals surface area contributed by atoms with E-state index in [1.807, 2.05) is 22.9 Å². The quantitative estimate of drug-likeness (QED) is 0.819. The third kappa shape index (κ3) is 2.26. The van der Waals surface area contributed by atoms with Crippen LogP contribution in [0.25, 0.3) is 0 Å². The largest absolute Gasteiger partial charge is 0.320 e. The molecule has 0 N–H and O–H groups in total. The third-order valence-electron chi connectivity index (χ3n) is 3.61. The van der Waals surface area contributed by atoms with E-state index in [4.69, 9.17) is 0 Å². The first kappa shape index (κ1) is 13.4. The number of carbonyl (C=O) groups excluding carboxylic acids is 1. The Kier molecular flexibility index (Phi) is 3.66. The van der Waals surface area contributed by atoms with Gasteiger partial charge in [0.15, 0.2) is 0 Å². The molecule has 0 saturated carbocycles. The molecule has 1 unspecified atom stereocenters. The van der Waals surface area contributed by atoms with Gasteiger partial charge in [0.25, 0.3) is 0 Å². The van der Waals surface area contributed by atoms with Crippen LogP contribution >= 0.6 is 15.9 Å². The first-order valence-corrected chi connectivity index (χ1v) is 7.00. The molecule has 18 heavy (non-hydrogen) atoms. The lowest BCUT2D eigenvalue weighted by atomic mass is 10.0. The Labute approximate surface area is 117 Å². The molecule has 1 aliphatic rings. The van der Waals surface area contributed by atoms with E-state index in [0.717, 1.165) is 11.0 Å². The lowest BCUT2D eigenvalue weighted by Crippen LogP contribution is -2.34. The van der Waals surface area contributed by atoms with Crippen molar-refractivity contribution in [2.24, 2.45) is 0 Å². The van der Waals surface area contributed by atoms with Crippen molar-refractivity contribution in [2.75, 3.05) is 13.6 Å². The zero-order valence-electron chi connectivity index (χ0n) is 11.3. The van der Waals surface area contributed by atoms with Gasteiger partial charge >= 0.3 is 6.03 Å². The van der Waals surface area contributed by atoms with Crippen LogP contribution in [0.1, 0.15) is 31.0 Å². The van der Waals surface area contributed by atoms with Gasteiger partial charge in [-0.15, -0.1) is 0 Å². The second-order valence-electron chi connectivity index (χ2n) is 5.16. The second kappa shape index (κ2) is 4.92. The van der Waals surface area contributed by atoms with Gasteiger partial charge in [-0.1, -0.05) is 22.0 Å². The number of hydrogen-bond acceptors (Lipinski definition) is 1. The molecule has 2 amide bonds. The van der Waals surface area contributed by atoms with E-state index in [1.54, 1.807) is 0 Å². The van der Waals surface area contributed by atoms with Crippen molar-refractivity contribution in [1.29, 1.82) is 0 Å². The van der Waals surface area contributed by atoms with Crippen LogP contribution in [0.2, 0.25) is 0 Å². The Balaban J connectivity index is 2.35. The van der Waals surface area contributed by atoms with Gasteiger partial charge in [-0.2, -0.15) is 0 Å². The first-order chi connectivity index (χ1) is 8.41. The number of aryl methyl sites for hydroxylation is 1. The zero-order chi connectivity index (χ0) is 13.4. The number of likely N-dealkylation sites (N-methyl/N-ethyl adjacent to an activating group) is 1. The molecule has 4 heteroatoms. The fourth-order valence-corrected chi connectivity index (χ4v) is 2.81. The topological polar surface area (TPSA) is 23.6 Å². The molecule has 1 aromatic carbocycles. The van der Waals surface area contributed by atoms with Crippen LogP contribution in [-0.4, -0.2) is 35.5 Å². The summed E-state index contributed by atoms with van der Waals surface area (Å²) in [6.45, 7) is 6.98. The van der Waals surface area contributed by atoms with Crippen molar-refractivity contribution in [2.45, 2.75) is 32.9 Å². The Bertz CT molecular complexity index is 473. The maximum atomic E-state index is 12.2. The molecule has 1 atom stereocenters. The van der Waals surface area contributed by atoms with E-state index < -0.39 is 0 Å². The predicted octanol–water partition coefficient (Wildman–Crippen LogP) is 3.57. The number of nitrogens with zero attached hydrogens (tertiary/aromatic N) is 2. The minimum Gasteiger partial charge on any atom is -0.320 e. The fourth-order valence-electron chi connectivity index (χ4n) is 2.43. The van der Waals surface area contributed by atoms with E-state index in [0.29, 0.717) is 0 Å². The molecule has 1 aliphatic heterocycles. The number of benzene rings is 1. The number of carbonyl (C=O) groups is 1. The number of halogens is 1. The Morgan fingerprint density at radius 2 is 2.06 bits per heavy atom. The maximum Gasteiger partial charge on any atom is 0.320 e. The van der Waals surface area contributed by atoms with Gasteiger partial charge in [0, 0.05) is 24.1 Å². The molecule has 1 fully saturated rings. The minimum absolute atomic E-state index is 0.120. The number of urea groups is 1. The van der Waals surface area contributed by atoms with Crippen LogP contribution in [0, 0.1) is 6.92 Å². The van der Waals surface area contributed by atoms with Gasteiger partial charge in [-0.05, 0) is 44.0 Å². The van der Waals surface area contributed by atoms with Gasteiger partial charge in [0.2, 0.25) is 0 Å². The van der Waals surface area contributed by atoms with Crippen molar-refractivity contribution < 1.29 is 4.79 Å².